The summed E-state index contributed by atoms with van der Waals surface area (Å²) >= 11 is 0. The van der Waals surface area contributed by atoms with Gasteiger partial charge in [0.05, 0.1) is 11.9 Å². The normalized spacial score (nSPS) is 15.6. The first kappa shape index (κ1) is 14.6. The second kappa shape index (κ2) is 6.60. The van der Waals surface area contributed by atoms with Crippen LogP contribution in [0.25, 0.3) is 0 Å². The van der Waals surface area contributed by atoms with Gasteiger partial charge in [-0.3, -0.25) is 4.79 Å². The first-order valence-corrected chi connectivity index (χ1v) is 7.81. The fourth-order valence-electron chi connectivity index (χ4n) is 2.76. The highest BCUT2D eigenvalue weighted by Gasteiger charge is 2.20. The number of pyridine rings is 1. The number of anilines is 1. The van der Waals surface area contributed by atoms with E-state index >= 15 is 0 Å². The van der Waals surface area contributed by atoms with Crippen molar-refractivity contribution in [3.63, 3.8) is 0 Å². The highest BCUT2D eigenvalue weighted by atomic mass is 16.2. The van der Waals surface area contributed by atoms with Crippen molar-refractivity contribution in [2.24, 2.45) is 0 Å². The van der Waals surface area contributed by atoms with Crippen LogP contribution in [0.15, 0.2) is 48.7 Å². The van der Waals surface area contributed by atoms with Gasteiger partial charge in [0.15, 0.2) is 0 Å². The molecule has 1 amide bonds. The predicted octanol–water partition coefficient (Wildman–Crippen LogP) is 3.49. The van der Waals surface area contributed by atoms with Gasteiger partial charge in [0.25, 0.3) is 5.91 Å². The smallest absolute Gasteiger partial charge is 0.272 e. The van der Waals surface area contributed by atoms with Crippen molar-refractivity contribution in [2.45, 2.75) is 25.8 Å². The Morgan fingerprint density at radius 2 is 1.86 bits per heavy atom. The fourth-order valence-corrected chi connectivity index (χ4v) is 2.76. The summed E-state index contributed by atoms with van der Waals surface area (Å²) in [6, 6.07) is 14.2. The number of hydrogen-bond acceptors (Lipinski definition) is 3. The Balaban J connectivity index is 1.65. The predicted molar refractivity (Wildman–Crippen MR) is 87.9 cm³/mol. The van der Waals surface area contributed by atoms with Gasteiger partial charge in [0.2, 0.25) is 0 Å². The summed E-state index contributed by atoms with van der Waals surface area (Å²) in [5.41, 5.74) is 2.67. The molecular formula is C18H21N3O. The lowest BCUT2D eigenvalue weighted by atomic mass is 10.1. The summed E-state index contributed by atoms with van der Waals surface area (Å²) in [5, 5.41) is 3.41. The van der Waals surface area contributed by atoms with Gasteiger partial charge in [-0.15, -0.1) is 0 Å². The summed E-state index contributed by atoms with van der Waals surface area (Å²) in [6.07, 6.45) is 3.93. The SMILES string of the molecule is CC(Nc1ccc(C(=O)N2CCCC2)nc1)c1ccccc1. The maximum atomic E-state index is 12.2. The van der Waals surface area contributed by atoms with Crippen molar-refractivity contribution in [3.05, 3.63) is 59.9 Å². The van der Waals surface area contributed by atoms with E-state index in [1.807, 2.05) is 29.2 Å². The van der Waals surface area contributed by atoms with Gasteiger partial charge < -0.3 is 10.2 Å². The number of nitrogens with zero attached hydrogens (tertiary/aromatic N) is 2. The van der Waals surface area contributed by atoms with Gasteiger partial charge >= 0.3 is 0 Å². The number of carbonyl (C=O) groups excluding carboxylic acids is 1. The summed E-state index contributed by atoms with van der Waals surface area (Å²) in [4.78, 5) is 18.4. The molecule has 0 aliphatic carbocycles. The summed E-state index contributed by atoms with van der Waals surface area (Å²) < 4.78 is 0. The van der Waals surface area contributed by atoms with Crippen LogP contribution in [0.3, 0.4) is 0 Å². The molecule has 1 aromatic heterocycles. The average molecular weight is 295 g/mol. The first-order valence-electron chi connectivity index (χ1n) is 7.81. The molecule has 1 saturated heterocycles. The topological polar surface area (TPSA) is 45.2 Å². The van der Waals surface area contributed by atoms with Gasteiger partial charge in [-0.2, -0.15) is 0 Å². The van der Waals surface area contributed by atoms with Crippen LogP contribution >= 0.6 is 0 Å². The van der Waals surface area contributed by atoms with Crippen molar-refractivity contribution >= 4 is 11.6 Å². The van der Waals surface area contributed by atoms with E-state index in [9.17, 15) is 4.79 Å². The molecule has 1 unspecified atom stereocenters. The van der Waals surface area contributed by atoms with Crippen molar-refractivity contribution in [1.29, 1.82) is 0 Å². The molecule has 2 aromatic rings. The van der Waals surface area contributed by atoms with Gasteiger partial charge in [-0.05, 0) is 37.5 Å². The largest absolute Gasteiger partial charge is 0.377 e. The van der Waals surface area contributed by atoms with Gasteiger partial charge in [0.1, 0.15) is 5.69 Å². The van der Waals surface area contributed by atoms with Gasteiger partial charge in [-0.1, -0.05) is 30.3 Å². The van der Waals surface area contributed by atoms with Crippen LogP contribution in [-0.4, -0.2) is 28.9 Å². The molecule has 0 bridgehead atoms. The zero-order chi connectivity index (χ0) is 15.4. The number of aromatic nitrogens is 1. The lowest BCUT2D eigenvalue weighted by Crippen LogP contribution is -2.28. The molecule has 1 aliphatic rings. The third-order valence-electron chi connectivity index (χ3n) is 4.06. The quantitative estimate of drug-likeness (QED) is 0.939. The van der Waals surface area contributed by atoms with Gasteiger partial charge in [0, 0.05) is 19.1 Å². The van der Waals surface area contributed by atoms with E-state index in [1.165, 1.54) is 5.56 Å². The third-order valence-corrected chi connectivity index (χ3v) is 4.06. The van der Waals surface area contributed by atoms with E-state index in [0.717, 1.165) is 31.6 Å². The van der Waals surface area contributed by atoms with Crippen LogP contribution in [0.5, 0.6) is 0 Å². The molecule has 1 N–H and O–H groups in total. The number of hydrogen-bond donors (Lipinski definition) is 1. The first-order chi connectivity index (χ1) is 10.7. The van der Waals surface area contributed by atoms with E-state index in [0.29, 0.717) is 5.69 Å². The molecule has 0 saturated carbocycles. The minimum atomic E-state index is 0.0418. The molecule has 22 heavy (non-hydrogen) atoms. The average Bonchev–Trinajstić information content (AvgIpc) is 3.10. The Morgan fingerprint density at radius 3 is 2.50 bits per heavy atom. The van der Waals surface area contributed by atoms with E-state index in [-0.39, 0.29) is 11.9 Å². The van der Waals surface area contributed by atoms with E-state index in [2.05, 4.69) is 29.4 Å². The molecule has 1 aromatic carbocycles. The van der Waals surface area contributed by atoms with Crippen molar-refractivity contribution in [1.82, 2.24) is 9.88 Å². The summed E-state index contributed by atoms with van der Waals surface area (Å²) in [5.74, 6) is 0.0418. The van der Waals surface area contributed by atoms with Crippen molar-refractivity contribution in [2.75, 3.05) is 18.4 Å². The van der Waals surface area contributed by atoms with E-state index in [1.54, 1.807) is 12.3 Å². The van der Waals surface area contributed by atoms with E-state index in [4.69, 9.17) is 0 Å². The minimum Gasteiger partial charge on any atom is -0.377 e. The molecule has 1 atom stereocenters. The highest BCUT2D eigenvalue weighted by molar-refractivity contribution is 5.92. The van der Waals surface area contributed by atoms with Crippen molar-refractivity contribution < 1.29 is 4.79 Å². The standard InChI is InChI=1S/C18H21N3O/c1-14(15-7-3-2-4-8-15)20-16-9-10-17(19-13-16)18(22)21-11-5-6-12-21/h2-4,7-10,13-14,20H,5-6,11-12H2,1H3. The molecule has 2 heterocycles. The number of nitrogens with one attached hydrogen (secondary N) is 1. The lowest BCUT2D eigenvalue weighted by molar-refractivity contribution is 0.0787. The van der Waals surface area contributed by atoms with E-state index < -0.39 is 0 Å². The third kappa shape index (κ3) is 3.27. The lowest BCUT2D eigenvalue weighted by Gasteiger charge is -2.17. The number of rotatable bonds is 4. The molecule has 114 valence electrons. The molecular weight excluding hydrogens is 274 g/mol. The van der Waals surface area contributed by atoms with Crippen LogP contribution in [0.4, 0.5) is 5.69 Å². The Labute approximate surface area is 131 Å². The molecule has 3 rings (SSSR count). The molecule has 0 spiro atoms. The molecule has 4 heteroatoms. The number of likely N-dealkylation sites (tertiary alicyclic amines) is 1. The molecule has 1 fully saturated rings. The number of benzene rings is 1. The molecule has 0 radical (unpaired) electrons. The number of carbonyl (C=O) groups is 1. The van der Waals surface area contributed by atoms with Gasteiger partial charge in [-0.25, -0.2) is 4.98 Å². The zero-order valence-corrected chi connectivity index (χ0v) is 12.8. The molecule has 4 nitrogen and oxygen atoms in total. The Kier molecular flexibility index (Phi) is 4.37. The Morgan fingerprint density at radius 1 is 1.14 bits per heavy atom. The minimum absolute atomic E-state index is 0.0418. The van der Waals surface area contributed by atoms with Crippen molar-refractivity contribution in [3.8, 4) is 0 Å². The van der Waals surface area contributed by atoms with Crippen LogP contribution in [-0.2, 0) is 0 Å². The zero-order valence-electron chi connectivity index (χ0n) is 12.8. The maximum absolute atomic E-state index is 12.2. The summed E-state index contributed by atoms with van der Waals surface area (Å²) in [7, 11) is 0. The number of amides is 1. The highest BCUT2D eigenvalue weighted by Crippen LogP contribution is 2.19. The maximum Gasteiger partial charge on any atom is 0.272 e. The molecule has 1 aliphatic heterocycles. The van der Waals surface area contributed by atoms with Crippen LogP contribution in [0.2, 0.25) is 0 Å². The second-order valence-corrected chi connectivity index (χ2v) is 5.71. The fraction of sp³-hybridized carbons (Fsp3) is 0.333. The van der Waals surface area contributed by atoms with Crippen LogP contribution in [0, 0.1) is 0 Å². The summed E-state index contributed by atoms with van der Waals surface area (Å²) in [6.45, 7) is 3.82. The Bertz CT molecular complexity index is 619. The van der Waals surface area contributed by atoms with Crippen LogP contribution in [0.1, 0.15) is 41.9 Å². The second-order valence-electron chi connectivity index (χ2n) is 5.71. The monoisotopic (exact) mass is 295 g/mol. The Hall–Kier alpha value is -2.36. The van der Waals surface area contributed by atoms with Crippen LogP contribution < -0.4 is 5.32 Å².